The Kier molecular flexibility index (Phi) is 8.34. The van der Waals surface area contributed by atoms with Crippen LogP contribution in [0.4, 0.5) is 5.69 Å². The molecule has 4 nitrogen and oxygen atoms in total. The Labute approximate surface area is 160 Å². The van der Waals surface area contributed by atoms with Gasteiger partial charge in [0.25, 0.3) is 0 Å². The van der Waals surface area contributed by atoms with Gasteiger partial charge in [0.1, 0.15) is 0 Å². The molecule has 0 spiro atoms. The van der Waals surface area contributed by atoms with Crippen molar-refractivity contribution in [1.82, 2.24) is 4.90 Å². The van der Waals surface area contributed by atoms with E-state index in [-0.39, 0.29) is 5.92 Å². The van der Waals surface area contributed by atoms with E-state index in [1.807, 2.05) is 18.2 Å². The maximum absolute atomic E-state index is 11.3. The molecule has 1 saturated heterocycles. The van der Waals surface area contributed by atoms with Crippen LogP contribution in [0.15, 0.2) is 18.2 Å². The number of piperazine rings is 1. The minimum atomic E-state index is -0.641. The molecule has 1 unspecified atom stereocenters. The topological polar surface area (TPSA) is 43.8 Å². The average molecular weight is 387 g/mol. The van der Waals surface area contributed by atoms with Crippen molar-refractivity contribution in [1.29, 1.82) is 0 Å². The third-order valence-electron chi connectivity index (χ3n) is 4.92. The highest BCUT2D eigenvalue weighted by Crippen LogP contribution is 2.27. The summed E-state index contributed by atoms with van der Waals surface area (Å²) in [5.41, 5.74) is 1.11. The molecule has 1 aliphatic heterocycles. The summed E-state index contributed by atoms with van der Waals surface area (Å²) >= 11 is 12.1. The Balaban J connectivity index is 1.73. The first-order chi connectivity index (χ1) is 12.0. The van der Waals surface area contributed by atoms with Gasteiger partial charge >= 0.3 is 5.97 Å². The molecule has 1 atom stereocenters. The molecular weight excluding hydrogens is 359 g/mol. The molecular formula is C19H28Cl2N2O2. The highest BCUT2D eigenvalue weighted by atomic mass is 35.5. The number of carboxylic acids is 1. The van der Waals surface area contributed by atoms with Crippen LogP contribution in [0.5, 0.6) is 0 Å². The lowest BCUT2D eigenvalue weighted by molar-refractivity contribution is -0.142. The Morgan fingerprint density at radius 2 is 1.80 bits per heavy atom. The lowest BCUT2D eigenvalue weighted by atomic mass is 9.97. The maximum Gasteiger partial charge on any atom is 0.306 e. The number of hydrogen-bond acceptors (Lipinski definition) is 3. The predicted molar refractivity (Wildman–Crippen MR) is 105 cm³/mol. The molecule has 25 heavy (non-hydrogen) atoms. The van der Waals surface area contributed by atoms with Gasteiger partial charge in [-0.2, -0.15) is 0 Å². The molecule has 1 aromatic rings. The van der Waals surface area contributed by atoms with E-state index in [1.165, 1.54) is 0 Å². The van der Waals surface area contributed by atoms with Gasteiger partial charge in [-0.05, 0) is 44.0 Å². The van der Waals surface area contributed by atoms with Crippen molar-refractivity contribution in [3.63, 3.8) is 0 Å². The molecule has 0 bridgehead atoms. The lowest BCUT2D eigenvalue weighted by Gasteiger charge is -2.36. The summed E-state index contributed by atoms with van der Waals surface area (Å²) < 4.78 is 0. The first-order valence-corrected chi connectivity index (χ1v) is 9.92. The number of carbonyl (C=O) groups is 1. The molecule has 140 valence electrons. The van der Waals surface area contributed by atoms with Crippen molar-refractivity contribution in [2.45, 2.75) is 39.0 Å². The third-order valence-corrected chi connectivity index (χ3v) is 5.66. The van der Waals surface area contributed by atoms with E-state index in [0.717, 1.165) is 70.5 Å². The molecule has 1 fully saturated rings. The zero-order valence-corrected chi connectivity index (χ0v) is 16.4. The molecule has 1 N–H and O–H groups in total. The van der Waals surface area contributed by atoms with Gasteiger partial charge in [0, 0.05) is 31.9 Å². The molecule has 0 aromatic heterocycles. The average Bonchev–Trinajstić information content (AvgIpc) is 2.60. The second kappa shape index (κ2) is 10.2. The van der Waals surface area contributed by atoms with E-state index >= 15 is 0 Å². The van der Waals surface area contributed by atoms with Crippen LogP contribution in [-0.4, -0.2) is 48.7 Å². The van der Waals surface area contributed by atoms with Gasteiger partial charge in [-0.15, -0.1) is 0 Å². The quantitative estimate of drug-likeness (QED) is 0.662. The number of nitrogens with zero attached hydrogens (tertiary/aromatic N) is 2. The van der Waals surface area contributed by atoms with Crippen molar-refractivity contribution >= 4 is 34.9 Å². The molecule has 2 rings (SSSR count). The molecule has 1 heterocycles. The van der Waals surface area contributed by atoms with Gasteiger partial charge in [-0.1, -0.05) is 43.0 Å². The van der Waals surface area contributed by atoms with Crippen molar-refractivity contribution in [2.75, 3.05) is 37.6 Å². The highest BCUT2D eigenvalue weighted by molar-refractivity contribution is 6.42. The molecule has 1 aromatic carbocycles. The van der Waals surface area contributed by atoms with Crippen LogP contribution < -0.4 is 4.90 Å². The van der Waals surface area contributed by atoms with Crippen molar-refractivity contribution in [3.05, 3.63) is 28.2 Å². The SMILES string of the molecule is CCCCC(CCCN1CCN(c2ccc(Cl)c(Cl)c2)CC1)C(=O)O. The number of aliphatic carboxylic acids is 1. The van der Waals surface area contributed by atoms with Gasteiger partial charge in [-0.3, -0.25) is 9.69 Å². The monoisotopic (exact) mass is 386 g/mol. The Morgan fingerprint density at radius 3 is 2.40 bits per heavy atom. The number of hydrogen-bond donors (Lipinski definition) is 1. The summed E-state index contributed by atoms with van der Waals surface area (Å²) in [5, 5.41) is 10.5. The van der Waals surface area contributed by atoms with Gasteiger partial charge in [-0.25, -0.2) is 0 Å². The van der Waals surface area contributed by atoms with E-state index in [2.05, 4.69) is 16.7 Å². The van der Waals surface area contributed by atoms with Crippen LogP contribution >= 0.6 is 23.2 Å². The summed E-state index contributed by atoms with van der Waals surface area (Å²) in [7, 11) is 0. The second-order valence-corrected chi connectivity index (χ2v) is 7.56. The maximum atomic E-state index is 11.3. The van der Waals surface area contributed by atoms with Crippen LogP contribution in [0.1, 0.15) is 39.0 Å². The van der Waals surface area contributed by atoms with Crippen LogP contribution in [-0.2, 0) is 4.79 Å². The van der Waals surface area contributed by atoms with Crippen LogP contribution in [0.2, 0.25) is 10.0 Å². The van der Waals surface area contributed by atoms with Crippen molar-refractivity contribution in [2.24, 2.45) is 5.92 Å². The van der Waals surface area contributed by atoms with Gasteiger partial charge in [0.2, 0.25) is 0 Å². The van der Waals surface area contributed by atoms with Gasteiger partial charge in [0.15, 0.2) is 0 Å². The van der Waals surface area contributed by atoms with E-state index in [0.29, 0.717) is 10.0 Å². The largest absolute Gasteiger partial charge is 0.481 e. The fourth-order valence-corrected chi connectivity index (χ4v) is 3.61. The van der Waals surface area contributed by atoms with Gasteiger partial charge < -0.3 is 10.0 Å². The molecule has 0 radical (unpaired) electrons. The Bertz CT molecular complexity index is 560. The van der Waals surface area contributed by atoms with E-state index in [9.17, 15) is 9.90 Å². The normalized spacial score (nSPS) is 16.8. The fraction of sp³-hybridized carbons (Fsp3) is 0.632. The second-order valence-electron chi connectivity index (χ2n) is 6.75. The number of rotatable bonds is 9. The minimum Gasteiger partial charge on any atom is -0.481 e. The van der Waals surface area contributed by atoms with E-state index in [4.69, 9.17) is 23.2 Å². The molecule has 1 aliphatic rings. The third kappa shape index (κ3) is 6.36. The first-order valence-electron chi connectivity index (χ1n) is 9.16. The highest BCUT2D eigenvalue weighted by Gasteiger charge is 2.20. The number of anilines is 1. The summed E-state index contributed by atoms with van der Waals surface area (Å²) in [6, 6.07) is 5.77. The number of unbranched alkanes of at least 4 members (excludes halogenated alkanes) is 1. The summed E-state index contributed by atoms with van der Waals surface area (Å²) in [4.78, 5) is 16.0. The number of carboxylic acid groups (broad SMARTS) is 1. The summed E-state index contributed by atoms with van der Waals surface area (Å²) in [6.45, 7) is 6.98. The smallest absolute Gasteiger partial charge is 0.306 e. The van der Waals surface area contributed by atoms with Crippen LogP contribution in [0.3, 0.4) is 0 Å². The first kappa shape index (κ1) is 20.3. The number of benzene rings is 1. The summed E-state index contributed by atoms with van der Waals surface area (Å²) in [6.07, 6.45) is 4.59. The Morgan fingerprint density at radius 1 is 1.12 bits per heavy atom. The molecule has 6 heteroatoms. The molecule has 0 saturated carbocycles. The summed E-state index contributed by atoms with van der Waals surface area (Å²) in [5.74, 6) is -0.824. The van der Waals surface area contributed by atoms with Gasteiger partial charge in [0.05, 0.1) is 16.0 Å². The molecule has 0 aliphatic carbocycles. The van der Waals surface area contributed by atoms with Crippen molar-refractivity contribution < 1.29 is 9.90 Å². The van der Waals surface area contributed by atoms with Crippen LogP contribution in [0, 0.1) is 5.92 Å². The van der Waals surface area contributed by atoms with E-state index in [1.54, 1.807) is 0 Å². The minimum absolute atomic E-state index is 0.183. The zero-order valence-electron chi connectivity index (χ0n) is 14.9. The predicted octanol–water partition coefficient (Wildman–Crippen LogP) is 4.79. The zero-order chi connectivity index (χ0) is 18.2. The standard InChI is InChI=1S/C19H28Cl2N2O2/c1-2-3-5-15(19(24)25)6-4-9-22-10-12-23(13-11-22)16-7-8-17(20)18(21)14-16/h7-8,14-15H,2-6,9-13H2,1H3,(H,24,25). The van der Waals surface area contributed by atoms with Crippen LogP contribution in [0.25, 0.3) is 0 Å². The number of halogens is 2. The molecule has 0 amide bonds. The lowest BCUT2D eigenvalue weighted by Crippen LogP contribution is -2.46. The van der Waals surface area contributed by atoms with E-state index < -0.39 is 5.97 Å². The Hall–Kier alpha value is -0.970. The van der Waals surface area contributed by atoms with Crippen molar-refractivity contribution in [3.8, 4) is 0 Å². The fourth-order valence-electron chi connectivity index (χ4n) is 3.31.